The zero-order chi connectivity index (χ0) is 18.2. The number of carbonyl (C=O) groups excluding carboxylic acids is 2. The van der Waals surface area contributed by atoms with Gasteiger partial charge in [0.05, 0.1) is 0 Å². The van der Waals surface area contributed by atoms with Gasteiger partial charge in [0.25, 0.3) is 0 Å². The van der Waals surface area contributed by atoms with E-state index in [0.29, 0.717) is 13.1 Å². The molecule has 1 rings (SSSR count). The van der Waals surface area contributed by atoms with Crippen molar-refractivity contribution in [3.05, 3.63) is 35.9 Å². The second-order valence-corrected chi connectivity index (χ2v) is 6.78. The van der Waals surface area contributed by atoms with Gasteiger partial charge in [0.15, 0.2) is 5.78 Å². The SMILES string of the molecule is COCC(=O)C(CN(C)Cc1ccccc1)NC(=O)OC(C)(C)C. The zero-order valence-electron chi connectivity index (χ0n) is 15.2. The van der Waals surface area contributed by atoms with Gasteiger partial charge >= 0.3 is 6.09 Å². The van der Waals surface area contributed by atoms with Gasteiger partial charge < -0.3 is 14.8 Å². The van der Waals surface area contributed by atoms with Crippen molar-refractivity contribution < 1.29 is 19.1 Å². The van der Waals surface area contributed by atoms with E-state index in [1.165, 1.54) is 7.11 Å². The van der Waals surface area contributed by atoms with Gasteiger partial charge in [-0.15, -0.1) is 0 Å². The third kappa shape index (κ3) is 8.08. The standard InChI is InChI=1S/C18H28N2O4/c1-18(2,3)24-17(22)19-15(16(21)13-23-5)12-20(4)11-14-9-7-6-8-10-14/h6-10,15H,11-13H2,1-5H3,(H,19,22). The van der Waals surface area contributed by atoms with Crippen LogP contribution in [0, 0.1) is 0 Å². The van der Waals surface area contributed by atoms with Crippen LogP contribution < -0.4 is 5.32 Å². The molecule has 134 valence electrons. The summed E-state index contributed by atoms with van der Waals surface area (Å²) in [6.07, 6.45) is -0.606. The normalized spacial score (nSPS) is 12.8. The molecule has 0 saturated heterocycles. The van der Waals surface area contributed by atoms with Gasteiger partial charge in [-0.05, 0) is 33.4 Å². The van der Waals surface area contributed by atoms with Gasteiger partial charge in [-0.3, -0.25) is 9.69 Å². The lowest BCUT2D eigenvalue weighted by Gasteiger charge is -2.26. The minimum Gasteiger partial charge on any atom is -0.444 e. The fraction of sp³-hybridized carbons (Fsp3) is 0.556. The van der Waals surface area contributed by atoms with E-state index in [9.17, 15) is 9.59 Å². The summed E-state index contributed by atoms with van der Waals surface area (Å²) in [6, 6.07) is 9.24. The van der Waals surface area contributed by atoms with Gasteiger partial charge in [-0.2, -0.15) is 0 Å². The van der Waals surface area contributed by atoms with Crippen LogP contribution in [0.15, 0.2) is 30.3 Å². The highest BCUT2D eigenvalue weighted by atomic mass is 16.6. The Balaban J connectivity index is 2.67. The number of hydrogen-bond donors (Lipinski definition) is 1. The van der Waals surface area contributed by atoms with Gasteiger partial charge in [-0.25, -0.2) is 4.79 Å². The maximum Gasteiger partial charge on any atom is 0.408 e. The predicted octanol–water partition coefficient (Wildman–Crippen LogP) is 2.23. The Bertz CT molecular complexity index is 526. The van der Waals surface area contributed by atoms with Crippen molar-refractivity contribution >= 4 is 11.9 Å². The highest BCUT2D eigenvalue weighted by Crippen LogP contribution is 2.08. The fourth-order valence-corrected chi connectivity index (χ4v) is 2.19. The molecule has 1 N–H and O–H groups in total. The highest BCUT2D eigenvalue weighted by Gasteiger charge is 2.25. The average molecular weight is 336 g/mol. The molecule has 0 bridgehead atoms. The van der Waals surface area contributed by atoms with Crippen LogP contribution >= 0.6 is 0 Å². The summed E-state index contributed by atoms with van der Waals surface area (Å²) >= 11 is 0. The smallest absolute Gasteiger partial charge is 0.408 e. The van der Waals surface area contributed by atoms with Crippen molar-refractivity contribution in [3.8, 4) is 0 Å². The molecule has 0 heterocycles. The molecule has 1 atom stereocenters. The third-order valence-electron chi connectivity index (χ3n) is 3.16. The number of nitrogens with zero attached hydrogens (tertiary/aromatic N) is 1. The molecule has 6 nitrogen and oxygen atoms in total. The Morgan fingerprint density at radius 3 is 2.38 bits per heavy atom. The van der Waals surface area contributed by atoms with Crippen molar-refractivity contribution in [2.75, 3.05) is 27.3 Å². The summed E-state index contributed by atoms with van der Waals surface area (Å²) in [4.78, 5) is 26.2. The summed E-state index contributed by atoms with van der Waals surface area (Å²) in [5.74, 6) is -0.191. The molecule has 0 saturated carbocycles. The molecule has 6 heteroatoms. The summed E-state index contributed by atoms with van der Waals surface area (Å²) in [7, 11) is 3.35. The van der Waals surface area contributed by atoms with Crippen molar-refractivity contribution in [2.45, 2.75) is 39.0 Å². The summed E-state index contributed by atoms with van der Waals surface area (Å²) < 4.78 is 10.1. The van der Waals surface area contributed by atoms with Crippen LogP contribution in [0.1, 0.15) is 26.3 Å². The van der Waals surface area contributed by atoms with E-state index in [1.807, 2.05) is 42.3 Å². The second-order valence-electron chi connectivity index (χ2n) is 6.78. The van der Waals surface area contributed by atoms with E-state index in [0.717, 1.165) is 5.56 Å². The number of nitrogens with one attached hydrogen (secondary N) is 1. The first-order valence-electron chi connectivity index (χ1n) is 7.95. The van der Waals surface area contributed by atoms with E-state index < -0.39 is 17.7 Å². The monoisotopic (exact) mass is 336 g/mol. The van der Waals surface area contributed by atoms with Crippen LogP contribution in [-0.2, 0) is 20.8 Å². The lowest BCUT2D eigenvalue weighted by molar-refractivity contribution is -0.125. The van der Waals surface area contributed by atoms with E-state index in [-0.39, 0.29) is 12.4 Å². The minimum atomic E-state index is -0.687. The topological polar surface area (TPSA) is 67.9 Å². The molecular weight excluding hydrogens is 308 g/mol. The van der Waals surface area contributed by atoms with Crippen LogP contribution in [-0.4, -0.2) is 55.7 Å². The first-order chi connectivity index (χ1) is 11.2. The molecule has 1 amide bonds. The molecular formula is C18H28N2O4. The number of hydrogen-bond acceptors (Lipinski definition) is 5. The third-order valence-corrected chi connectivity index (χ3v) is 3.16. The molecule has 0 fully saturated rings. The number of amides is 1. The van der Waals surface area contributed by atoms with Crippen molar-refractivity contribution in [3.63, 3.8) is 0 Å². The fourth-order valence-electron chi connectivity index (χ4n) is 2.19. The van der Waals surface area contributed by atoms with E-state index in [1.54, 1.807) is 20.8 Å². The molecule has 0 aliphatic carbocycles. The number of ether oxygens (including phenoxy) is 2. The number of methoxy groups -OCH3 is 1. The lowest BCUT2D eigenvalue weighted by atomic mass is 10.1. The Kier molecular flexibility index (Phi) is 7.88. The number of benzene rings is 1. The Morgan fingerprint density at radius 1 is 1.21 bits per heavy atom. The number of likely N-dealkylation sites (N-methyl/N-ethyl adjacent to an activating group) is 1. The number of alkyl carbamates (subject to hydrolysis) is 1. The highest BCUT2D eigenvalue weighted by molar-refractivity contribution is 5.88. The molecule has 24 heavy (non-hydrogen) atoms. The quantitative estimate of drug-likeness (QED) is 0.788. The van der Waals surface area contributed by atoms with Gasteiger partial charge in [0, 0.05) is 20.2 Å². The minimum absolute atomic E-state index is 0.0559. The van der Waals surface area contributed by atoms with Crippen molar-refractivity contribution in [1.29, 1.82) is 0 Å². The molecule has 0 radical (unpaired) electrons. The van der Waals surface area contributed by atoms with Gasteiger partial charge in [-0.1, -0.05) is 30.3 Å². The Labute approximate surface area is 144 Å². The van der Waals surface area contributed by atoms with Crippen LogP contribution in [0.5, 0.6) is 0 Å². The van der Waals surface area contributed by atoms with Gasteiger partial charge in [0.2, 0.25) is 0 Å². The van der Waals surface area contributed by atoms with Crippen LogP contribution in [0.4, 0.5) is 4.79 Å². The number of ketones is 1. The molecule has 0 aromatic heterocycles. The first-order valence-corrected chi connectivity index (χ1v) is 7.95. The maximum atomic E-state index is 12.2. The van der Waals surface area contributed by atoms with Crippen LogP contribution in [0.3, 0.4) is 0 Å². The van der Waals surface area contributed by atoms with E-state index in [2.05, 4.69) is 5.32 Å². The van der Waals surface area contributed by atoms with E-state index in [4.69, 9.17) is 9.47 Å². The molecule has 1 unspecified atom stereocenters. The van der Waals surface area contributed by atoms with Gasteiger partial charge in [0.1, 0.15) is 18.2 Å². The molecule has 0 aliphatic heterocycles. The summed E-state index contributed by atoms with van der Waals surface area (Å²) in [5.41, 5.74) is 0.518. The Morgan fingerprint density at radius 2 is 1.83 bits per heavy atom. The molecule has 0 aliphatic rings. The first kappa shape index (κ1) is 20.1. The second kappa shape index (κ2) is 9.39. The maximum absolute atomic E-state index is 12.2. The average Bonchev–Trinajstić information content (AvgIpc) is 2.45. The van der Waals surface area contributed by atoms with Crippen LogP contribution in [0.25, 0.3) is 0 Å². The Hall–Kier alpha value is -1.92. The molecule has 0 spiro atoms. The lowest BCUT2D eigenvalue weighted by Crippen LogP contribution is -2.50. The molecule has 1 aromatic carbocycles. The van der Waals surface area contributed by atoms with E-state index >= 15 is 0 Å². The zero-order valence-corrected chi connectivity index (χ0v) is 15.2. The number of rotatable bonds is 8. The van der Waals surface area contributed by atoms with Crippen molar-refractivity contribution in [1.82, 2.24) is 10.2 Å². The largest absolute Gasteiger partial charge is 0.444 e. The number of carbonyl (C=O) groups is 2. The number of Topliss-reactive ketones (excluding diaryl/α,β-unsaturated/α-hetero) is 1. The molecule has 1 aromatic rings. The predicted molar refractivity (Wildman–Crippen MR) is 92.8 cm³/mol. The summed E-state index contributed by atoms with van der Waals surface area (Å²) in [6.45, 7) is 6.32. The van der Waals surface area contributed by atoms with Crippen LogP contribution in [0.2, 0.25) is 0 Å². The van der Waals surface area contributed by atoms with Crippen molar-refractivity contribution in [2.24, 2.45) is 0 Å². The summed E-state index contributed by atoms with van der Waals surface area (Å²) in [5, 5.41) is 2.64.